The molecule has 0 aliphatic rings. The summed E-state index contributed by atoms with van der Waals surface area (Å²) in [5, 5.41) is 1.57. The third-order valence-corrected chi connectivity index (χ3v) is 1.95. The maximum atomic E-state index is 11.0. The molecule has 0 aliphatic carbocycles. The van der Waals surface area contributed by atoms with Crippen LogP contribution in [0.25, 0.3) is 0 Å². The number of rotatable bonds is 8. The summed E-state index contributed by atoms with van der Waals surface area (Å²) in [5.41, 5.74) is 6.47. The molecular weight excluding hydrogens is 218 g/mol. The number of nitrogens with two attached hydrogens (primary N) is 2. The zero-order valence-corrected chi connectivity index (χ0v) is 10.7. The number of esters is 1. The van der Waals surface area contributed by atoms with Gasteiger partial charge in [-0.15, -0.1) is 0 Å². The van der Waals surface area contributed by atoms with Gasteiger partial charge in [-0.2, -0.15) is 0 Å². The first-order valence-electron chi connectivity index (χ1n) is 5.90. The first-order chi connectivity index (χ1) is 8.10. The zero-order chi connectivity index (χ0) is 13.1. The second kappa shape index (κ2) is 9.72. The van der Waals surface area contributed by atoms with Gasteiger partial charge in [0.15, 0.2) is 0 Å². The molecule has 0 spiro atoms. The van der Waals surface area contributed by atoms with E-state index in [9.17, 15) is 4.79 Å². The standard InChI is InChI=1S/C12H23N3O2/c1-3-9-15(14)10-11(13)7-5-6-8-12(16)17-4-2/h6,8,10H,3-5,7,9,13-14H2,1-2H3/b8-6+,11-10-. The second-order valence-corrected chi connectivity index (χ2v) is 3.63. The van der Waals surface area contributed by atoms with E-state index >= 15 is 0 Å². The normalized spacial score (nSPS) is 11.8. The molecule has 5 nitrogen and oxygen atoms in total. The van der Waals surface area contributed by atoms with E-state index in [0.717, 1.165) is 13.0 Å². The Labute approximate surface area is 103 Å². The molecule has 0 aliphatic heterocycles. The average Bonchev–Trinajstić information content (AvgIpc) is 2.25. The van der Waals surface area contributed by atoms with Crippen LogP contribution < -0.4 is 11.6 Å². The summed E-state index contributed by atoms with van der Waals surface area (Å²) in [6.45, 7) is 4.99. The molecule has 0 heterocycles. The van der Waals surface area contributed by atoms with Crippen LogP contribution in [0.15, 0.2) is 24.0 Å². The molecule has 0 fully saturated rings. The Morgan fingerprint density at radius 1 is 1.41 bits per heavy atom. The lowest BCUT2D eigenvalue weighted by molar-refractivity contribution is -0.137. The monoisotopic (exact) mass is 241 g/mol. The summed E-state index contributed by atoms with van der Waals surface area (Å²) in [5.74, 6) is 5.34. The van der Waals surface area contributed by atoms with Gasteiger partial charge in [-0.3, -0.25) is 0 Å². The van der Waals surface area contributed by atoms with Gasteiger partial charge in [0.2, 0.25) is 0 Å². The Bertz CT molecular complexity index is 275. The van der Waals surface area contributed by atoms with Gasteiger partial charge in [0.25, 0.3) is 0 Å². The molecule has 0 aromatic carbocycles. The highest BCUT2D eigenvalue weighted by atomic mass is 16.5. The van der Waals surface area contributed by atoms with E-state index < -0.39 is 0 Å². The van der Waals surface area contributed by atoms with Crippen molar-refractivity contribution in [2.24, 2.45) is 11.6 Å². The van der Waals surface area contributed by atoms with E-state index in [1.165, 1.54) is 6.08 Å². The molecule has 0 aromatic heterocycles. The van der Waals surface area contributed by atoms with Crippen LogP contribution in [-0.2, 0) is 9.53 Å². The molecule has 0 amide bonds. The fourth-order valence-corrected chi connectivity index (χ4v) is 1.22. The van der Waals surface area contributed by atoms with E-state index in [4.69, 9.17) is 16.3 Å². The van der Waals surface area contributed by atoms with Gasteiger partial charge in [-0.05, 0) is 26.2 Å². The van der Waals surface area contributed by atoms with Crippen molar-refractivity contribution in [3.8, 4) is 0 Å². The molecule has 0 rings (SSSR count). The van der Waals surface area contributed by atoms with Crippen LogP contribution >= 0.6 is 0 Å². The van der Waals surface area contributed by atoms with Gasteiger partial charge in [-0.1, -0.05) is 13.0 Å². The fraction of sp³-hybridized carbons (Fsp3) is 0.583. The molecule has 0 atom stereocenters. The summed E-state index contributed by atoms with van der Waals surface area (Å²) >= 11 is 0. The Morgan fingerprint density at radius 2 is 2.12 bits per heavy atom. The molecule has 0 saturated carbocycles. The minimum Gasteiger partial charge on any atom is -0.463 e. The van der Waals surface area contributed by atoms with E-state index in [0.29, 0.717) is 25.1 Å². The predicted molar refractivity (Wildman–Crippen MR) is 68.5 cm³/mol. The summed E-state index contributed by atoms with van der Waals surface area (Å²) < 4.78 is 4.75. The van der Waals surface area contributed by atoms with Crippen LogP contribution in [0.4, 0.5) is 0 Å². The van der Waals surface area contributed by atoms with Crippen LogP contribution in [0.5, 0.6) is 0 Å². The van der Waals surface area contributed by atoms with E-state index in [2.05, 4.69) is 0 Å². The molecule has 17 heavy (non-hydrogen) atoms. The Kier molecular flexibility index (Phi) is 8.86. The molecule has 0 saturated heterocycles. The van der Waals surface area contributed by atoms with Crippen LogP contribution in [0.1, 0.15) is 33.1 Å². The first-order valence-corrected chi connectivity index (χ1v) is 5.90. The summed E-state index contributed by atoms with van der Waals surface area (Å²) in [7, 11) is 0. The second-order valence-electron chi connectivity index (χ2n) is 3.63. The van der Waals surface area contributed by atoms with Crippen LogP contribution in [0.3, 0.4) is 0 Å². The summed E-state index contributed by atoms with van der Waals surface area (Å²) in [4.78, 5) is 11.0. The van der Waals surface area contributed by atoms with Crippen molar-refractivity contribution >= 4 is 5.97 Å². The molecule has 0 unspecified atom stereocenters. The number of allylic oxidation sites excluding steroid dienone is 2. The number of hydrogen-bond acceptors (Lipinski definition) is 5. The number of hydrazine groups is 1. The lowest BCUT2D eigenvalue weighted by Gasteiger charge is -2.13. The number of carbonyl (C=O) groups excluding carboxylic acids is 1. The lowest BCUT2D eigenvalue weighted by Crippen LogP contribution is -2.27. The SMILES string of the molecule is CCCN(N)/C=C(\N)CC/C=C/C(=O)OCC. The average molecular weight is 241 g/mol. The Hall–Kier alpha value is -1.49. The van der Waals surface area contributed by atoms with E-state index in [-0.39, 0.29) is 5.97 Å². The molecule has 5 heteroatoms. The summed E-state index contributed by atoms with van der Waals surface area (Å²) in [6, 6.07) is 0. The highest BCUT2D eigenvalue weighted by Gasteiger charge is 1.95. The van der Waals surface area contributed by atoms with Gasteiger partial charge in [0, 0.05) is 24.5 Å². The lowest BCUT2D eigenvalue weighted by atomic mass is 10.2. The Balaban J connectivity index is 3.84. The highest BCUT2D eigenvalue weighted by molar-refractivity contribution is 5.81. The quantitative estimate of drug-likeness (QED) is 0.289. The van der Waals surface area contributed by atoms with E-state index in [1.54, 1.807) is 24.2 Å². The fourth-order valence-electron chi connectivity index (χ4n) is 1.22. The molecule has 98 valence electrons. The number of carbonyl (C=O) groups is 1. The third kappa shape index (κ3) is 9.44. The predicted octanol–water partition coefficient (Wildman–Crippen LogP) is 1.27. The molecule has 0 bridgehead atoms. The van der Waals surface area contributed by atoms with Crippen molar-refractivity contribution < 1.29 is 9.53 Å². The third-order valence-electron chi connectivity index (χ3n) is 1.95. The molecule has 0 radical (unpaired) electrons. The topological polar surface area (TPSA) is 81.6 Å². The van der Waals surface area contributed by atoms with Crippen molar-refractivity contribution in [3.63, 3.8) is 0 Å². The zero-order valence-electron chi connectivity index (χ0n) is 10.7. The minimum atomic E-state index is -0.318. The van der Waals surface area contributed by atoms with Crippen LogP contribution in [0.2, 0.25) is 0 Å². The molecule has 0 aromatic rings. The number of ether oxygens (including phenoxy) is 1. The minimum absolute atomic E-state index is 0.318. The molecule has 4 N–H and O–H groups in total. The highest BCUT2D eigenvalue weighted by Crippen LogP contribution is 2.00. The van der Waals surface area contributed by atoms with E-state index in [1.807, 2.05) is 6.92 Å². The van der Waals surface area contributed by atoms with Gasteiger partial charge in [0.1, 0.15) is 0 Å². The van der Waals surface area contributed by atoms with Gasteiger partial charge >= 0.3 is 5.97 Å². The van der Waals surface area contributed by atoms with Crippen molar-refractivity contribution in [1.29, 1.82) is 0 Å². The van der Waals surface area contributed by atoms with Crippen molar-refractivity contribution in [1.82, 2.24) is 5.01 Å². The summed E-state index contributed by atoms with van der Waals surface area (Å²) in [6.07, 6.45) is 7.24. The largest absolute Gasteiger partial charge is 0.463 e. The van der Waals surface area contributed by atoms with Crippen molar-refractivity contribution in [2.75, 3.05) is 13.2 Å². The maximum Gasteiger partial charge on any atom is 0.330 e. The van der Waals surface area contributed by atoms with Gasteiger partial charge < -0.3 is 15.5 Å². The maximum absolute atomic E-state index is 11.0. The number of hydrogen-bond donors (Lipinski definition) is 2. The first kappa shape index (κ1) is 15.5. The smallest absolute Gasteiger partial charge is 0.330 e. The van der Waals surface area contributed by atoms with Gasteiger partial charge in [0.05, 0.1) is 6.61 Å². The van der Waals surface area contributed by atoms with Crippen molar-refractivity contribution in [3.05, 3.63) is 24.0 Å². The van der Waals surface area contributed by atoms with Gasteiger partial charge in [-0.25, -0.2) is 10.6 Å². The Morgan fingerprint density at radius 3 is 2.71 bits per heavy atom. The van der Waals surface area contributed by atoms with Crippen molar-refractivity contribution in [2.45, 2.75) is 33.1 Å². The van der Waals surface area contributed by atoms with Crippen LogP contribution in [0, 0.1) is 0 Å². The van der Waals surface area contributed by atoms with Crippen LogP contribution in [-0.4, -0.2) is 24.1 Å². The molecular formula is C12H23N3O2. The number of nitrogens with zero attached hydrogens (tertiary/aromatic N) is 1.